The van der Waals surface area contributed by atoms with Crippen LogP contribution in [0.2, 0.25) is 0 Å². The fourth-order valence-electron chi connectivity index (χ4n) is 3.38. The maximum atomic E-state index is 5.58. The van der Waals surface area contributed by atoms with Crippen LogP contribution in [0.1, 0.15) is 56.7 Å². The molecule has 0 aromatic heterocycles. The largest absolute Gasteiger partial charge is 0.379 e. The molecule has 20 heavy (non-hydrogen) atoms. The summed E-state index contributed by atoms with van der Waals surface area (Å²) in [5.74, 6) is 0.707. The van der Waals surface area contributed by atoms with E-state index in [-0.39, 0.29) is 5.60 Å². The van der Waals surface area contributed by atoms with Gasteiger partial charge in [-0.2, -0.15) is 0 Å². The summed E-state index contributed by atoms with van der Waals surface area (Å²) < 4.78 is 5.58. The van der Waals surface area contributed by atoms with Crippen molar-refractivity contribution in [3.63, 3.8) is 0 Å². The van der Waals surface area contributed by atoms with E-state index < -0.39 is 0 Å². The first-order chi connectivity index (χ1) is 9.57. The second-order valence-electron chi connectivity index (χ2n) is 6.62. The van der Waals surface area contributed by atoms with Gasteiger partial charge in [0.05, 0.1) is 5.60 Å². The number of aryl methyl sites for hydroxylation is 1. The summed E-state index contributed by atoms with van der Waals surface area (Å²) in [5, 5.41) is 3.56. The first kappa shape index (κ1) is 15.5. The van der Waals surface area contributed by atoms with Crippen molar-refractivity contribution < 1.29 is 4.74 Å². The fourth-order valence-corrected chi connectivity index (χ4v) is 3.38. The Labute approximate surface area is 123 Å². The van der Waals surface area contributed by atoms with E-state index in [0.29, 0.717) is 12.0 Å². The number of hydrogen-bond donors (Lipinski definition) is 1. The summed E-state index contributed by atoms with van der Waals surface area (Å²) in [6.45, 7) is 4.37. The molecule has 0 aliphatic heterocycles. The fraction of sp³-hybridized carbons (Fsp3) is 0.667. The van der Waals surface area contributed by atoms with E-state index in [1.807, 2.05) is 7.11 Å². The van der Waals surface area contributed by atoms with Gasteiger partial charge in [0.1, 0.15) is 0 Å². The van der Waals surface area contributed by atoms with Gasteiger partial charge in [-0.15, -0.1) is 0 Å². The molecule has 2 unspecified atom stereocenters. The summed E-state index contributed by atoms with van der Waals surface area (Å²) >= 11 is 0. The summed E-state index contributed by atoms with van der Waals surface area (Å²) in [4.78, 5) is 0. The van der Waals surface area contributed by atoms with Gasteiger partial charge in [-0.1, -0.05) is 24.3 Å². The van der Waals surface area contributed by atoms with E-state index in [2.05, 4.69) is 50.5 Å². The van der Waals surface area contributed by atoms with E-state index >= 15 is 0 Å². The zero-order valence-corrected chi connectivity index (χ0v) is 13.4. The van der Waals surface area contributed by atoms with Crippen molar-refractivity contribution in [2.24, 2.45) is 5.92 Å². The van der Waals surface area contributed by atoms with Crippen molar-refractivity contribution in [2.75, 3.05) is 14.2 Å². The third kappa shape index (κ3) is 3.62. The Morgan fingerprint density at radius 2 is 2.05 bits per heavy atom. The third-order valence-corrected chi connectivity index (χ3v) is 4.86. The Morgan fingerprint density at radius 1 is 1.30 bits per heavy atom. The van der Waals surface area contributed by atoms with Gasteiger partial charge in [0.25, 0.3) is 0 Å². The highest BCUT2D eigenvalue weighted by atomic mass is 16.5. The van der Waals surface area contributed by atoms with E-state index in [9.17, 15) is 0 Å². The smallest absolute Gasteiger partial charge is 0.0622 e. The van der Waals surface area contributed by atoms with E-state index in [1.165, 1.54) is 36.8 Å². The molecule has 1 aromatic rings. The number of rotatable bonds is 5. The standard InChI is InChI=1S/C18H29NO/c1-18(2,20-4)13-12-15-10-7-9-14-8-5-6-11-16(14)17(15)19-3/h5-6,8,11,15,17,19H,7,9-10,12-13H2,1-4H3. The van der Waals surface area contributed by atoms with Crippen molar-refractivity contribution in [3.8, 4) is 0 Å². The van der Waals surface area contributed by atoms with Gasteiger partial charge in [-0.3, -0.25) is 0 Å². The van der Waals surface area contributed by atoms with Crippen molar-refractivity contribution in [1.82, 2.24) is 5.32 Å². The number of nitrogens with one attached hydrogen (secondary N) is 1. The van der Waals surface area contributed by atoms with Crippen LogP contribution >= 0.6 is 0 Å². The SMILES string of the molecule is CNC1c2ccccc2CCCC1CCC(C)(C)OC. The maximum absolute atomic E-state index is 5.58. The Bertz CT molecular complexity index is 427. The molecule has 0 heterocycles. The topological polar surface area (TPSA) is 21.3 Å². The number of methoxy groups -OCH3 is 1. The van der Waals surface area contributed by atoms with Gasteiger partial charge in [0, 0.05) is 13.2 Å². The monoisotopic (exact) mass is 275 g/mol. The lowest BCUT2D eigenvalue weighted by Crippen LogP contribution is -2.28. The Kier molecular flexibility index (Phi) is 5.22. The second-order valence-corrected chi connectivity index (χ2v) is 6.62. The molecule has 0 amide bonds. The lowest BCUT2D eigenvalue weighted by molar-refractivity contribution is 0.00876. The molecule has 1 aliphatic carbocycles. The quantitative estimate of drug-likeness (QED) is 0.817. The molecule has 2 nitrogen and oxygen atoms in total. The minimum absolute atomic E-state index is 0.00981. The van der Waals surface area contributed by atoms with Gasteiger partial charge in [0.2, 0.25) is 0 Å². The highest BCUT2D eigenvalue weighted by Gasteiger charge is 2.28. The van der Waals surface area contributed by atoms with Crippen LogP contribution < -0.4 is 5.32 Å². The highest BCUT2D eigenvalue weighted by Crippen LogP contribution is 2.36. The van der Waals surface area contributed by atoms with Gasteiger partial charge in [-0.05, 0) is 70.0 Å². The minimum atomic E-state index is -0.00981. The predicted molar refractivity (Wildman–Crippen MR) is 85.0 cm³/mol. The molecule has 2 atom stereocenters. The summed E-state index contributed by atoms with van der Waals surface area (Å²) in [6.07, 6.45) is 6.17. The molecule has 0 saturated carbocycles. The maximum Gasteiger partial charge on any atom is 0.0622 e. The lowest BCUT2D eigenvalue weighted by Gasteiger charge is -2.30. The van der Waals surface area contributed by atoms with Crippen molar-refractivity contribution >= 4 is 0 Å². The van der Waals surface area contributed by atoms with Gasteiger partial charge >= 0.3 is 0 Å². The molecule has 2 heteroatoms. The summed E-state index contributed by atoms with van der Waals surface area (Å²) in [6, 6.07) is 9.42. The van der Waals surface area contributed by atoms with E-state index in [0.717, 1.165) is 6.42 Å². The number of benzene rings is 1. The molecule has 0 radical (unpaired) electrons. The van der Waals surface area contributed by atoms with Crippen LogP contribution in [0.5, 0.6) is 0 Å². The van der Waals surface area contributed by atoms with Gasteiger partial charge < -0.3 is 10.1 Å². The van der Waals surface area contributed by atoms with Crippen LogP contribution in [0.15, 0.2) is 24.3 Å². The zero-order chi connectivity index (χ0) is 14.6. The van der Waals surface area contributed by atoms with Crippen molar-refractivity contribution in [3.05, 3.63) is 35.4 Å². The average molecular weight is 275 g/mol. The zero-order valence-electron chi connectivity index (χ0n) is 13.4. The molecule has 1 aliphatic rings. The van der Waals surface area contributed by atoms with Crippen LogP contribution in [0.4, 0.5) is 0 Å². The lowest BCUT2D eigenvalue weighted by atomic mass is 9.84. The van der Waals surface area contributed by atoms with Gasteiger partial charge in [0.15, 0.2) is 0 Å². The predicted octanol–water partition coefficient (Wildman–Crippen LogP) is 4.10. The summed E-state index contributed by atoms with van der Waals surface area (Å²) in [5.41, 5.74) is 3.03. The third-order valence-electron chi connectivity index (χ3n) is 4.86. The van der Waals surface area contributed by atoms with Crippen LogP contribution in [0.3, 0.4) is 0 Å². The molecular formula is C18H29NO. The Balaban J connectivity index is 2.13. The van der Waals surface area contributed by atoms with Crippen LogP contribution in [-0.2, 0) is 11.2 Å². The molecule has 112 valence electrons. The molecular weight excluding hydrogens is 246 g/mol. The average Bonchev–Trinajstić information content (AvgIpc) is 2.63. The molecule has 1 aromatic carbocycles. The first-order valence-corrected chi connectivity index (χ1v) is 7.87. The highest BCUT2D eigenvalue weighted by molar-refractivity contribution is 5.31. The molecule has 0 spiro atoms. The van der Waals surface area contributed by atoms with Crippen LogP contribution in [-0.4, -0.2) is 19.8 Å². The Hall–Kier alpha value is -0.860. The second kappa shape index (κ2) is 6.73. The molecule has 1 N–H and O–H groups in total. The van der Waals surface area contributed by atoms with E-state index in [4.69, 9.17) is 4.74 Å². The van der Waals surface area contributed by atoms with Crippen LogP contribution in [0.25, 0.3) is 0 Å². The molecule has 0 fully saturated rings. The molecule has 0 bridgehead atoms. The molecule has 0 saturated heterocycles. The van der Waals surface area contributed by atoms with Crippen molar-refractivity contribution in [2.45, 2.75) is 57.6 Å². The number of ether oxygens (including phenoxy) is 1. The number of fused-ring (bicyclic) bond motifs is 1. The number of hydrogen-bond acceptors (Lipinski definition) is 2. The molecule has 2 rings (SSSR count). The van der Waals surface area contributed by atoms with Gasteiger partial charge in [-0.25, -0.2) is 0 Å². The normalized spacial score (nSPS) is 23.2. The minimum Gasteiger partial charge on any atom is -0.379 e. The first-order valence-electron chi connectivity index (χ1n) is 7.87. The van der Waals surface area contributed by atoms with Crippen molar-refractivity contribution in [1.29, 1.82) is 0 Å². The Morgan fingerprint density at radius 3 is 2.75 bits per heavy atom. The summed E-state index contributed by atoms with van der Waals surface area (Å²) in [7, 11) is 3.92. The van der Waals surface area contributed by atoms with E-state index in [1.54, 1.807) is 0 Å². The van der Waals surface area contributed by atoms with Crippen LogP contribution in [0, 0.1) is 5.92 Å².